The topological polar surface area (TPSA) is 113 Å². The van der Waals surface area contributed by atoms with Gasteiger partial charge in [-0.05, 0) is 18.4 Å². The van der Waals surface area contributed by atoms with Crippen molar-refractivity contribution >= 4 is 23.4 Å². The molecule has 1 atom stereocenters. The number of benzene rings is 2. The Labute approximate surface area is 179 Å². The summed E-state index contributed by atoms with van der Waals surface area (Å²) < 4.78 is 10.8. The minimum Gasteiger partial charge on any atom is -0.422 e. The van der Waals surface area contributed by atoms with Crippen LogP contribution >= 0.6 is 0 Å². The lowest BCUT2D eigenvalue weighted by atomic mass is 9.73. The van der Waals surface area contributed by atoms with Gasteiger partial charge in [0.25, 0.3) is 11.5 Å². The number of carbonyl (C=O) groups excluding carboxylic acids is 3. The number of rotatable bonds is 7. The summed E-state index contributed by atoms with van der Waals surface area (Å²) in [6.45, 7) is 4.56. The van der Waals surface area contributed by atoms with E-state index >= 15 is 0 Å². The average molecular weight is 425 g/mol. The molecule has 31 heavy (non-hydrogen) atoms. The molecule has 0 bridgehead atoms. The highest BCUT2D eigenvalue weighted by Crippen LogP contribution is 2.41. The minimum absolute atomic E-state index is 0.106. The van der Waals surface area contributed by atoms with E-state index in [4.69, 9.17) is 9.47 Å². The average Bonchev–Trinajstić information content (AvgIpc) is 2.71. The Hall–Kier alpha value is -3.55. The monoisotopic (exact) mass is 425 g/mol. The number of non-ortho nitro benzene ring substituents is 1. The fraction of sp³-hybridized carbons (Fsp3) is 0.348. The first-order valence-corrected chi connectivity index (χ1v) is 9.83. The Morgan fingerprint density at radius 3 is 2.06 bits per heavy atom. The number of nitro groups is 1. The lowest BCUT2D eigenvalue weighted by Gasteiger charge is -2.41. The molecule has 0 spiro atoms. The van der Waals surface area contributed by atoms with E-state index in [9.17, 15) is 24.5 Å². The van der Waals surface area contributed by atoms with E-state index < -0.39 is 34.0 Å². The predicted molar refractivity (Wildman–Crippen MR) is 110 cm³/mol. The molecule has 2 aromatic rings. The maximum Gasteiger partial charge on any atom is 0.327 e. The van der Waals surface area contributed by atoms with Crippen LogP contribution in [0.25, 0.3) is 0 Å². The van der Waals surface area contributed by atoms with Crippen LogP contribution in [0.3, 0.4) is 0 Å². The molecule has 1 aliphatic heterocycles. The molecule has 162 valence electrons. The Morgan fingerprint density at radius 1 is 1.00 bits per heavy atom. The SMILES string of the molecule is C[C@@H](CC1(Cc2ccc([N+](=O)[O-])cc2)C(=O)OC(C)(C)OC1=O)C(=O)c1ccccc1. The van der Waals surface area contributed by atoms with Crippen LogP contribution < -0.4 is 0 Å². The third kappa shape index (κ3) is 4.63. The van der Waals surface area contributed by atoms with Crippen molar-refractivity contribution in [3.05, 3.63) is 75.8 Å². The Balaban J connectivity index is 1.94. The second-order valence-corrected chi connectivity index (χ2v) is 8.20. The van der Waals surface area contributed by atoms with Gasteiger partial charge in [0.2, 0.25) is 0 Å². The lowest BCUT2D eigenvalue weighted by molar-refractivity contribution is -0.384. The molecule has 2 aromatic carbocycles. The van der Waals surface area contributed by atoms with E-state index in [0.717, 1.165) is 0 Å². The Morgan fingerprint density at radius 2 is 1.55 bits per heavy atom. The highest BCUT2D eigenvalue weighted by atomic mass is 16.7. The first-order chi connectivity index (χ1) is 14.5. The van der Waals surface area contributed by atoms with Crippen molar-refractivity contribution in [3.8, 4) is 0 Å². The summed E-state index contributed by atoms with van der Waals surface area (Å²) in [5.74, 6) is -3.87. The third-order valence-electron chi connectivity index (χ3n) is 5.27. The molecular formula is C23H23NO7. The summed E-state index contributed by atoms with van der Waals surface area (Å²) >= 11 is 0. The van der Waals surface area contributed by atoms with Crippen LogP contribution in [0.4, 0.5) is 5.69 Å². The number of nitro benzene ring substituents is 1. The van der Waals surface area contributed by atoms with E-state index in [2.05, 4.69) is 0 Å². The summed E-state index contributed by atoms with van der Waals surface area (Å²) in [4.78, 5) is 49.4. The van der Waals surface area contributed by atoms with Crippen molar-refractivity contribution < 1.29 is 28.8 Å². The van der Waals surface area contributed by atoms with Crippen LogP contribution in [0.1, 0.15) is 43.1 Å². The molecule has 0 aliphatic carbocycles. The number of hydrogen-bond donors (Lipinski definition) is 0. The molecule has 8 heteroatoms. The highest BCUT2D eigenvalue weighted by molar-refractivity contribution is 6.04. The van der Waals surface area contributed by atoms with Gasteiger partial charge in [0.05, 0.1) is 4.92 Å². The van der Waals surface area contributed by atoms with E-state index in [1.165, 1.54) is 38.1 Å². The summed E-state index contributed by atoms with van der Waals surface area (Å²) in [5, 5.41) is 10.9. The van der Waals surface area contributed by atoms with E-state index in [1.54, 1.807) is 37.3 Å². The predicted octanol–water partition coefficient (Wildman–Crippen LogP) is 3.87. The number of ketones is 1. The number of hydrogen-bond acceptors (Lipinski definition) is 7. The van der Waals surface area contributed by atoms with Crippen LogP contribution in [0, 0.1) is 21.4 Å². The number of esters is 2. The molecule has 3 rings (SSSR count). The number of Topliss-reactive ketones (excluding diaryl/α,β-unsaturated/α-hetero) is 1. The minimum atomic E-state index is -1.74. The van der Waals surface area contributed by atoms with Gasteiger partial charge in [-0.3, -0.25) is 24.5 Å². The number of nitrogens with zero attached hydrogens (tertiary/aromatic N) is 1. The van der Waals surface area contributed by atoms with Gasteiger partial charge in [0.15, 0.2) is 11.2 Å². The van der Waals surface area contributed by atoms with Crippen molar-refractivity contribution in [1.29, 1.82) is 0 Å². The molecule has 1 heterocycles. The zero-order valence-corrected chi connectivity index (χ0v) is 17.5. The van der Waals surface area contributed by atoms with Crippen molar-refractivity contribution in [3.63, 3.8) is 0 Å². The third-order valence-corrected chi connectivity index (χ3v) is 5.27. The van der Waals surface area contributed by atoms with Crippen LogP contribution in [0.5, 0.6) is 0 Å². The van der Waals surface area contributed by atoms with Crippen LogP contribution in [-0.2, 0) is 25.5 Å². The maximum atomic E-state index is 13.1. The number of cyclic esters (lactones) is 2. The quantitative estimate of drug-likeness (QED) is 0.218. The smallest absolute Gasteiger partial charge is 0.327 e. The van der Waals surface area contributed by atoms with Gasteiger partial charge in [0.1, 0.15) is 0 Å². The van der Waals surface area contributed by atoms with E-state index in [0.29, 0.717) is 11.1 Å². The Kier molecular flexibility index (Phi) is 5.92. The molecule has 8 nitrogen and oxygen atoms in total. The zero-order valence-electron chi connectivity index (χ0n) is 17.5. The Bertz CT molecular complexity index is 992. The molecule has 0 saturated carbocycles. The molecule has 0 amide bonds. The highest BCUT2D eigenvalue weighted by Gasteiger charge is 2.57. The normalized spacial score (nSPS) is 17.9. The summed E-state index contributed by atoms with van der Waals surface area (Å²) in [5.41, 5.74) is -0.868. The summed E-state index contributed by atoms with van der Waals surface area (Å²) in [6, 6.07) is 14.1. The van der Waals surface area contributed by atoms with Gasteiger partial charge in [-0.25, -0.2) is 0 Å². The number of ether oxygens (including phenoxy) is 2. The second-order valence-electron chi connectivity index (χ2n) is 8.20. The fourth-order valence-electron chi connectivity index (χ4n) is 3.72. The van der Waals surface area contributed by atoms with Gasteiger partial charge < -0.3 is 9.47 Å². The molecule has 1 aliphatic rings. The van der Waals surface area contributed by atoms with E-state index in [1.807, 2.05) is 0 Å². The van der Waals surface area contributed by atoms with Crippen molar-refractivity contribution in [2.45, 2.75) is 39.4 Å². The van der Waals surface area contributed by atoms with Crippen molar-refractivity contribution in [2.75, 3.05) is 0 Å². The molecule has 0 radical (unpaired) electrons. The zero-order chi connectivity index (χ0) is 22.8. The number of carbonyl (C=O) groups is 3. The molecular weight excluding hydrogens is 402 g/mol. The standard InChI is InChI=1S/C23H23NO7/c1-15(19(25)17-7-5-4-6-8-17)13-23(20(26)30-22(2,3)31-21(23)27)14-16-9-11-18(12-10-16)24(28)29/h4-12,15H,13-14H2,1-3H3/t15-/m0/s1. The van der Waals surface area contributed by atoms with Crippen molar-refractivity contribution in [2.24, 2.45) is 11.3 Å². The largest absolute Gasteiger partial charge is 0.422 e. The van der Waals surface area contributed by atoms with Gasteiger partial charge in [-0.2, -0.15) is 0 Å². The molecule has 0 aromatic heterocycles. The van der Waals surface area contributed by atoms with E-state index in [-0.39, 0.29) is 24.3 Å². The molecule has 1 saturated heterocycles. The van der Waals surface area contributed by atoms with Gasteiger partial charge in [-0.15, -0.1) is 0 Å². The fourth-order valence-corrected chi connectivity index (χ4v) is 3.72. The van der Waals surface area contributed by atoms with Crippen molar-refractivity contribution in [1.82, 2.24) is 0 Å². The molecule has 1 fully saturated rings. The van der Waals surface area contributed by atoms with Crippen LogP contribution in [0.15, 0.2) is 54.6 Å². The van der Waals surface area contributed by atoms with Crippen LogP contribution in [-0.4, -0.2) is 28.4 Å². The maximum absolute atomic E-state index is 13.1. The molecule has 0 N–H and O–H groups in total. The van der Waals surface area contributed by atoms with Gasteiger partial charge in [-0.1, -0.05) is 49.4 Å². The van der Waals surface area contributed by atoms with Gasteiger partial charge >= 0.3 is 11.9 Å². The first kappa shape index (κ1) is 22.1. The van der Waals surface area contributed by atoms with Crippen LogP contribution in [0.2, 0.25) is 0 Å². The second kappa shape index (κ2) is 8.29. The summed E-state index contributed by atoms with van der Waals surface area (Å²) in [7, 11) is 0. The molecule has 0 unspecified atom stereocenters. The van der Waals surface area contributed by atoms with Gasteiger partial charge in [0, 0.05) is 37.5 Å². The lowest BCUT2D eigenvalue weighted by Crippen LogP contribution is -2.55. The summed E-state index contributed by atoms with van der Waals surface area (Å²) in [6.07, 6.45) is -0.226. The first-order valence-electron chi connectivity index (χ1n) is 9.83.